The van der Waals surface area contributed by atoms with Crippen molar-refractivity contribution in [1.29, 1.82) is 0 Å². The predicted molar refractivity (Wildman–Crippen MR) is 51.2 cm³/mol. The van der Waals surface area contributed by atoms with Gasteiger partial charge in [0.1, 0.15) is 0 Å². The van der Waals surface area contributed by atoms with Crippen LogP contribution < -0.4 is 0 Å². The molecule has 1 aliphatic rings. The van der Waals surface area contributed by atoms with Crippen LogP contribution >= 0.6 is 0 Å². The zero-order valence-corrected chi connectivity index (χ0v) is 5.82. The second-order valence-electron chi connectivity index (χ2n) is 2.91. The average molecular weight is 128 g/mol. The van der Waals surface area contributed by atoms with Crippen LogP contribution in [-0.4, -0.2) is 37.7 Å². The summed E-state index contributed by atoms with van der Waals surface area (Å²) < 4.78 is 0. The Bertz CT molecular complexity index is 58.3. The molecule has 52 valence electrons. The van der Waals surface area contributed by atoms with E-state index in [1.807, 2.05) is 0 Å². The van der Waals surface area contributed by atoms with Crippen molar-refractivity contribution >= 4 is 37.7 Å². The van der Waals surface area contributed by atoms with E-state index in [0.717, 1.165) is 5.92 Å². The molecule has 0 unspecified atom stereocenters. The van der Waals surface area contributed by atoms with Gasteiger partial charge in [0.15, 0.2) is 0 Å². The Morgan fingerprint density at radius 1 is 1.00 bits per heavy atom. The van der Waals surface area contributed by atoms with Gasteiger partial charge >= 0.3 is 37.7 Å². The second-order valence-corrected chi connectivity index (χ2v) is 2.91. The summed E-state index contributed by atoms with van der Waals surface area (Å²) in [5.41, 5.74) is 0. The van der Waals surface area contributed by atoms with Crippen LogP contribution in [0.4, 0.5) is 0 Å². The Labute approximate surface area is 88.9 Å². The Balaban J connectivity index is 0. The first kappa shape index (κ1) is 13.8. The summed E-state index contributed by atoms with van der Waals surface area (Å²) in [7, 11) is 0. The van der Waals surface area contributed by atoms with Crippen molar-refractivity contribution in [3.63, 3.8) is 0 Å². The first-order chi connectivity index (χ1) is 3.93. The van der Waals surface area contributed by atoms with Crippen LogP contribution in [0.15, 0.2) is 0 Å². The molecule has 0 heterocycles. The summed E-state index contributed by atoms with van der Waals surface area (Å²) in [5, 5.41) is 0. The van der Waals surface area contributed by atoms with E-state index < -0.39 is 0 Å². The molecular formula is C8H18Li2. The minimum atomic E-state index is 0. The Morgan fingerprint density at radius 3 is 1.80 bits per heavy atom. The molecule has 1 rings (SSSR count). The molecule has 0 radical (unpaired) electrons. The van der Waals surface area contributed by atoms with Crippen molar-refractivity contribution in [2.75, 3.05) is 0 Å². The zero-order chi connectivity index (χ0) is 5.82. The third kappa shape index (κ3) is 4.93. The number of hydrogen-bond acceptors (Lipinski definition) is 0. The van der Waals surface area contributed by atoms with Gasteiger partial charge in [0.2, 0.25) is 0 Å². The van der Waals surface area contributed by atoms with E-state index in [4.69, 9.17) is 0 Å². The van der Waals surface area contributed by atoms with Crippen LogP contribution in [0.3, 0.4) is 0 Å². The van der Waals surface area contributed by atoms with Gasteiger partial charge in [0.25, 0.3) is 0 Å². The van der Waals surface area contributed by atoms with Crippen molar-refractivity contribution < 1.29 is 0 Å². The van der Waals surface area contributed by atoms with Crippen LogP contribution in [0.5, 0.6) is 0 Å². The second kappa shape index (κ2) is 8.29. The fourth-order valence-electron chi connectivity index (χ4n) is 1.60. The summed E-state index contributed by atoms with van der Waals surface area (Å²) in [5.74, 6) is 1.09. The van der Waals surface area contributed by atoms with Gasteiger partial charge in [0, 0.05) is 0 Å². The zero-order valence-electron chi connectivity index (χ0n) is 5.82. The van der Waals surface area contributed by atoms with E-state index >= 15 is 0 Å². The molecule has 0 nitrogen and oxygen atoms in total. The quantitative estimate of drug-likeness (QED) is 0.471. The molecule has 0 N–H and O–H groups in total. The third-order valence-electron chi connectivity index (χ3n) is 2.30. The van der Waals surface area contributed by atoms with Crippen LogP contribution in [0, 0.1) is 5.92 Å². The molecule has 0 aromatic rings. The molecular weight excluding hydrogens is 110 g/mol. The molecule has 0 aromatic carbocycles. The normalized spacial score (nSPS) is 18.9. The fourth-order valence-corrected chi connectivity index (χ4v) is 1.60. The topological polar surface area (TPSA) is 0 Å². The van der Waals surface area contributed by atoms with Gasteiger partial charge < -0.3 is 0 Å². The van der Waals surface area contributed by atoms with Crippen molar-refractivity contribution in [3.05, 3.63) is 0 Å². The molecule has 1 fully saturated rings. The molecule has 0 saturated heterocycles. The van der Waals surface area contributed by atoms with Crippen LogP contribution in [0.2, 0.25) is 0 Å². The van der Waals surface area contributed by atoms with Gasteiger partial charge in [-0.2, -0.15) is 0 Å². The molecule has 0 bridgehead atoms. The molecule has 10 heavy (non-hydrogen) atoms. The summed E-state index contributed by atoms with van der Waals surface area (Å²) >= 11 is 0. The van der Waals surface area contributed by atoms with Gasteiger partial charge in [-0.15, -0.1) is 0 Å². The SMILES string of the molecule is CCC1CCCCC1.[LiH].[LiH]. The van der Waals surface area contributed by atoms with E-state index in [-0.39, 0.29) is 37.7 Å². The van der Waals surface area contributed by atoms with Crippen molar-refractivity contribution in [2.24, 2.45) is 5.92 Å². The average Bonchev–Trinajstić information content (AvgIpc) is 1.90. The van der Waals surface area contributed by atoms with Crippen molar-refractivity contribution in [3.8, 4) is 0 Å². The van der Waals surface area contributed by atoms with Gasteiger partial charge in [-0.1, -0.05) is 45.4 Å². The minimum absolute atomic E-state index is 0. The van der Waals surface area contributed by atoms with E-state index in [0.29, 0.717) is 0 Å². The van der Waals surface area contributed by atoms with Gasteiger partial charge in [-0.05, 0) is 5.92 Å². The first-order valence-electron chi connectivity index (χ1n) is 3.93. The molecule has 0 aliphatic heterocycles. The fraction of sp³-hybridized carbons (Fsp3) is 1.00. The van der Waals surface area contributed by atoms with E-state index in [1.165, 1.54) is 38.5 Å². The number of rotatable bonds is 1. The van der Waals surface area contributed by atoms with Crippen LogP contribution in [-0.2, 0) is 0 Å². The monoisotopic (exact) mass is 128 g/mol. The maximum atomic E-state index is 2.32. The van der Waals surface area contributed by atoms with Crippen molar-refractivity contribution in [2.45, 2.75) is 45.4 Å². The number of hydrogen-bond donors (Lipinski definition) is 0. The summed E-state index contributed by atoms with van der Waals surface area (Å²) in [6.07, 6.45) is 8.93. The van der Waals surface area contributed by atoms with Crippen LogP contribution in [0.25, 0.3) is 0 Å². The van der Waals surface area contributed by atoms with E-state index in [2.05, 4.69) is 6.92 Å². The van der Waals surface area contributed by atoms with E-state index in [1.54, 1.807) is 0 Å². The Kier molecular flexibility index (Phi) is 11.4. The van der Waals surface area contributed by atoms with Crippen LogP contribution in [0.1, 0.15) is 45.4 Å². The Hall–Kier alpha value is 1.19. The van der Waals surface area contributed by atoms with Gasteiger partial charge in [0.05, 0.1) is 0 Å². The Morgan fingerprint density at radius 2 is 1.50 bits per heavy atom. The maximum absolute atomic E-state index is 2.32. The van der Waals surface area contributed by atoms with Gasteiger partial charge in [-0.25, -0.2) is 0 Å². The molecule has 0 atom stereocenters. The standard InChI is InChI=1S/C8H16.2Li.2H/c1-2-8-6-4-3-5-7-8;;;;/h8H,2-7H2,1H3;;;;. The molecule has 0 amide bonds. The first-order valence-corrected chi connectivity index (χ1v) is 3.93. The molecule has 0 spiro atoms. The summed E-state index contributed by atoms with van der Waals surface area (Å²) in [6.45, 7) is 2.32. The van der Waals surface area contributed by atoms with Gasteiger partial charge in [-0.3, -0.25) is 0 Å². The molecule has 0 aromatic heterocycles. The summed E-state index contributed by atoms with van der Waals surface area (Å²) in [4.78, 5) is 0. The third-order valence-corrected chi connectivity index (χ3v) is 2.30. The molecule has 1 aliphatic carbocycles. The van der Waals surface area contributed by atoms with E-state index in [9.17, 15) is 0 Å². The molecule has 1 saturated carbocycles. The molecule has 2 heteroatoms. The summed E-state index contributed by atoms with van der Waals surface area (Å²) in [6, 6.07) is 0. The predicted octanol–water partition coefficient (Wildman–Crippen LogP) is 1.68. The van der Waals surface area contributed by atoms with Crippen molar-refractivity contribution in [1.82, 2.24) is 0 Å².